The van der Waals surface area contributed by atoms with Crippen molar-refractivity contribution in [2.75, 3.05) is 7.11 Å². The van der Waals surface area contributed by atoms with Crippen LogP contribution in [0.5, 0.6) is 0 Å². The zero-order valence-corrected chi connectivity index (χ0v) is 15.0. The molecule has 0 aliphatic carbocycles. The molecular formula is C22H27NO2. The number of esters is 1. The van der Waals surface area contributed by atoms with Gasteiger partial charge in [0.25, 0.3) is 0 Å². The van der Waals surface area contributed by atoms with E-state index < -0.39 is 0 Å². The summed E-state index contributed by atoms with van der Waals surface area (Å²) in [6.45, 7) is 0. The third kappa shape index (κ3) is 6.92. The molecule has 0 atom stereocenters. The van der Waals surface area contributed by atoms with Crippen molar-refractivity contribution in [2.45, 2.75) is 44.9 Å². The first-order valence-corrected chi connectivity index (χ1v) is 9.04. The van der Waals surface area contributed by atoms with Gasteiger partial charge >= 0.3 is 5.97 Å². The third-order valence-corrected chi connectivity index (χ3v) is 4.22. The smallest absolute Gasteiger partial charge is 0.305 e. The Kier molecular flexibility index (Phi) is 8.46. The van der Waals surface area contributed by atoms with Gasteiger partial charge in [-0.3, -0.25) is 9.78 Å². The van der Waals surface area contributed by atoms with Crippen molar-refractivity contribution >= 4 is 11.5 Å². The van der Waals surface area contributed by atoms with Crippen LogP contribution in [0.1, 0.15) is 56.1 Å². The number of carbonyl (C=O) groups excluding carboxylic acids is 1. The fourth-order valence-corrected chi connectivity index (χ4v) is 2.83. The highest BCUT2D eigenvalue weighted by Crippen LogP contribution is 2.23. The van der Waals surface area contributed by atoms with Crippen LogP contribution in [0, 0.1) is 0 Å². The number of hydrogen-bond acceptors (Lipinski definition) is 3. The van der Waals surface area contributed by atoms with Gasteiger partial charge in [-0.2, -0.15) is 0 Å². The molecule has 0 radical (unpaired) electrons. The van der Waals surface area contributed by atoms with Crippen molar-refractivity contribution in [2.24, 2.45) is 0 Å². The molecule has 0 N–H and O–H groups in total. The number of aromatic nitrogens is 1. The van der Waals surface area contributed by atoms with Gasteiger partial charge in [0.05, 0.1) is 7.11 Å². The fraction of sp³-hybridized carbons (Fsp3) is 0.364. The molecule has 25 heavy (non-hydrogen) atoms. The van der Waals surface area contributed by atoms with Crippen molar-refractivity contribution < 1.29 is 9.53 Å². The lowest BCUT2D eigenvalue weighted by Gasteiger charge is -2.08. The zero-order chi connectivity index (χ0) is 17.7. The molecule has 3 nitrogen and oxygen atoms in total. The molecular weight excluding hydrogens is 310 g/mol. The van der Waals surface area contributed by atoms with Crippen LogP contribution in [0.15, 0.2) is 60.9 Å². The zero-order valence-electron chi connectivity index (χ0n) is 15.0. The summed E-state index contributed by atoms with van der Waals surface area (Å²) in [5.41, 5.74) is 3.64. The fourth-order valence-electron chi connectivity index (χ4n) is 2.83. The standard InChI is InChI=1S/C22H27NO2/c1-25-22(24)16-10-5-3-2-4-9-15-21(19-12-7-6-8-13-19)20-14-11-17-23-18-20/h6-8,11-15,17-18H,2-5,9-10,16H2,1H3. The highest BCUT2D eigenvalue weighted by atomic mass is 16.5. The molecule has 1 heterocycles. The lowest BCUT2D eigenvalue weighted by Crippen LogP contribution is -1.99. The number of methoxy groups -OCH3 is 1. The van der Waals surface area contributed by atoms with Crippen molar-refractivity contribution in [1.82, 2.24) is 4.98 Å². The molecule has 0 saturated heterocycles. The number of rotatable bonds is 10. The maximum Gasteiger partial charge on any atom is 0.305 e. The summed E-state index contributed by atoms with van der Waals surface area (Å²) < 4.78 is 4.65. The first-order valence-electron chi connectivity index (χ1n) is 9.04. The number of pyridine rings is 1. The molecule has 0 amide bonds. The average Bonchev–Trinajstić information content (AvgIpc) is 2.68. The Morgan fingerprint density at radius 2 is 1.68 bits per heavy atom. The van der Waals surface area contributed by atoms with Gasteiger partial charge in [0, 0.05) is 24.4 Å². The number of allylic oxidation sites excluding steroid dienone is 1. The van der Waals surface area contributed by atoms with E-state index in [0.29, 0.717) is 6.42 Å². The lowest BCUT2D eigenvalue weighted by atomic mass is 9.97. The van der Waals surface area contributed by atoms with Crippen LogP contribution in [0.4, 0.5) is 0 Å². The topological polar surface area (TPSA) is 39.2 Å². The number of carbonyl (C=O) groups is 1. The summed E-state index contributed by atoms with van der Waals surface area (Å²) in [6.07, 6.45) is 13.2. The molecule has 0 saturated carbocycles. The van der Waals surface area contributed by atoms with Gasteiger partial charge in [-0.05, 0) is 36.5 Å². The van der Waals surface area contributed by atoms with Crippen LogP contribution in [-0.4, -0.2) is 18.1 Å². The molecule has 0 aliphatic rings. The van der Waals surface area contributed by atoms with Crippen LogP contribution in [-0.2, 0) is 9.53 Å². The van der Waals surface area contributed by atoms with E-state index in [4.69, 9.17) is 0 Å². The summed E-state index contributed by atoms with van der Waals surface area (Å²) in [5.74, 6) is -0.105. The van der Waals surface area contributed by atoms with Crippen molar-refractivity contribution in [3.8, 4) is 0 Å². The predicted molar refractivity (Wildman–Crippen MR) is 102 cm³/mol. The van der Waals surface area contributed by atoms with Gasteiger partial charge in [-0.25, -0.2) is 0 Å². The van der Waals surface area contributed by atoms with E-state index in [1.807, 2.05) is 18.3 Å². The van der Waals surface area contributed by atoms with Crippen LogP contribution >= 0.6 is 0 Å². The summed E-state index contributed by atoms with van der Waals surface area (Å²) in [5, 5.41) is 0. The largest absolute Gasteiger partial charge is 0.469 e. The first kappa shape index (κ1) is 18.9. The first-order chi connectivity index (χ1) is 12.3. The third-order valence-electron chi connectivity index (χ3n) is 4.22. The van der Waals surface area contributed by atoms with Crippen LogP contribution in [0.25, 0.3) is 5.57 Å². The van der Waals surface area contributed by atoms with Gasteiger partial charge < -0.3 is 4.74 Å². The maximum atomic E-state index is 11.1. The Hall–Kier alpha value is -2.42. The molecule has 0 bridgehead atoms. The Morgan fingerprint density at radius 3 is 2.40 bits per heavy atom. The Morgan fingerprint density at radius 1 is 0.960 bits per heavy atom. The van der Waals surface area contributed by atoms with E-state index in [-0.39, 0.29) is 5.97 Å². The van der Waals surface area contributed by atoms with E-state index in [2.05, 4.69) is 46.1 Å². The van der Waals surface area contributed by atoms with E-state index in [0.717, 1.165) is 31.2 Å². The van der Waals surface area contributed by atoms with Crippen molar-refractivity contribution in [1.29, 1.82) is 0 Å². The van der Waals surface area contributed by atoms with E-state index >= 15 is 0 Å². The quantitative estimate of drug-likeness (QED) is 0.429. The van der Waals surface area contributed by atoms with Gasteiger partial charge in [0.2, 0.25) is 0 Å². The van der Waals surface area contributed by atoms with Crippen LogP contribution < -0.4 is 0 Å². The summed E-state index contributed by atoms with van der Waals surface area (Å²) >= 11 is 0. The molecule has 0 unspecified atom stereocenters. The minimum Gasteiger partial charge on any atom is -0.469 e. The molecule has 1 aromatic heterocycles. The number of ether oxygens (including phenoxy) is 1. The molecule has 1 aromatic carbocycles. The van der Waals surface area contributed by atoms with Gasteiger partial charge in [0.1, 0.15) is 0 Å². The average molecular weight is 337 g/mol. The molecule has 3 heteroatoms. The summed E-state index contributed by atoms with van der Waals surface area (Å²) in [6, 6.07) is 14.6. The molecule has 2 aromatic rings. The second-order valence-electron chi connectivity index (χ2n) is 6.11. The highest BCUT2D eigenvalue weighted by molar-refractivity contribution is 5.79. The SMILES string of the molecule is COC(=O)CCCCCCCC=C(c1ccccc1)c1cccnc1. The monoisotopic (exact) mass is 337 g/mol. The minimum absolute atomic E-state index is 0.105. The number of unbranched alkanes of at least 4 members (excludes halogenated alkanes) is 5. The predicted octanol–water partition coefficient (Wildman–Crippen LogP) is 5.42. The summed E-state index contributed by atoms with van der Waals surface area (Å²) in [4.78, 5) is 15.3. The molecule has 0 fully saturated rings. The second kappa shape index (κ2) is 11.2. The summed E-state index contributed by atoms with van der Waals surface area (Å²) in [7, 11) is 1.45. The lowest BCUT2D eigenvalue weighted by molar-refractivity contribution is -0.140. The van der Waals surface area contributed by atoms with Crippen LogP contribution in [0.2, 0.25) is 0 Å². The molecule has 2 rings (SSSR count). The Labute approximate surface area is 150 Å². The Bertz CT molecular complexity index is 609. The van der Waals surface area contributed by atoms with Crippen LogP contribution in [0.3, 0.4) is 0 Å². The second-order valence-corrected chi connectivity index (χ2v) is 6.11. The number of nitrogens with zero attached hydrogens (tertiary/aromatic N) is 1. The molecule has 0 aliphatic heterocycles. The van der Waals surface area contributed by atoms with Crippen molar-refractivity contribution in [3.63, 3.8) is 0 Å². The van der Waals surface area contributed by atoms with E-state index in [1.54, 1.807) is 6.20 Å². The number of benzene rings is 1. The highest BCUT2D eigenvalue weighted by Gasteiger charge is 2.04. The van der Waals surface area contributed by atoms with Crippen molar-refractivity contribution in [3.05, 3.63) is 72.1 Å². The maximum absolute atomic E-state index is 11.1. The van der Waals surface area contributed by atoms with Gasteiger partial charge in [-0.1, -0.05) is 61.7 Å². The van der Waals surface area contributed by atoms with Gasteiger partial charge in [-0.15, -0.1) is 0 Å². The van der Waals surface area contributed by atoms with E-state index in [1.165, 1.54) is 31.1 Å². The molecule has 132 valence electrons. The van der Waals surface area contributed by atoms with E-state index in [9.17, 15) is 4.79 Å². The number of hydrogen-bond donors (Lipinski definition) is 0. The molecule has 0 spiro atoms. The normalized spacial score (nSPS) is 11.3. The van der Waals surface area contributed by atoms with Gasteiger partial charge in [0.15, 0.2) is 0 Å². The minimum atomic E-state index is -0.105. The Balaban J connectivity index is 1.82.